The highest BCUT2D eigenvalue weighted by atomic mass is 32.1. The summed E-state index contributed by atoms with van der Waals surface area (Å²) in [5.74, 6) is -0.937. The maximum atomic E-state index is 11.8. The molecular weight excluding hydrogens is 266 g/mol. The number of nitrogens with one attached hydrogen (secondary N) is 1. The predicted octanol–water partition coefficient (Wildman–Crippen LogP) is 0.955. The van der Waals surface area contributed by atoms with E-state index in [0.29, 0.717) is 10.7 Å². The van der Waals surface area contributed by atoms with Crippen LogP contribution >= 0.6 is 11.3 Å². The van der Waals surface area contributed by atoms with Gasteiger partial charge in [0.1, 0.15) is 6.04 Å². The fourth-order valence-corrected chi connectivity index (χ4v) is 2.54. The second-order valence-corrected chi connectivity index (χ2v) is 5.46. The van der Waals surface area contributed by atoms with Gasteiger partial charge in [-0.1, -0.05) is 13.8 Å². The van der Waals surface area contributed by atoms with Crippen molar-refractivity contribution in [1.29, 1.82) is 0 Å². The zero-order valence-corrected chi connectivity index (χ0v) is 11.5. The van der Waals surface area contributed by atoms with Gasteiger partial charge in [-0.25, -0.2) is 4.98 Å². The molecule has 2 N–H and O–H groups in total. The van der Waals surface area contributed by atoms with E-state index in [0.717, 1.165) is 0 Å². The summed E-state index contributed by atoms with van der Waals surface area (Å²) < 4.78 is 1.46. The normalized spacial score (nSPS) is 13.0. The van der Waals surface area contributed by atoms with Crippen molar-refractivity contribution in [3.8, 4) is 0 Å². The van der Waals surface area contributed by atoms with Gasteiger partial charge in [-0.05, 0) is 5.92 Å². The SMILES string of the molecule is CC(C)C(NCc1cc(=O)n2ccsc2n1)C(=O)O. The number of hydrogen-bond donors (Lipinski definition) is 2. The van der Waals surface area contributed by atoms with Crippen molar-refractivity contribution < 1.29 is 9.90 Å². The molecule has 0 aliphatic carbocycles. The summed E-state index contributed by atoms with van der Waals surface area (Å²) >= 11 is 1.37. The van der Waals surface area contributed by atoms with E-state index in [1.54, 1.807) is 11.6 Å². The number of aromatic nitrogens is 2. The number of aliphatic carboxylic acids is 1. The summed E-state index contributed by atoms with van der Waals surface area (Å²) in [7, 11) is 0. The van der Waals surface area contributed by atoms with Gasteiger partial charge < -0.3 is 5.11 Å². The molecule has 0 radical (unpaired) electrons. The molecule has 102 valence electrons. The Bertz CT molecular complexity index is 647. The van der Waals surface area contributed by atoms with Crippen LogP contribution in [0.2, 0.25) is 0 Å². The molecule has 2 aromatic heterocycles. The van der Waals surface area contributed by atoms with Crippen LogP contribution in [-0.2, 0) is 11.3 Å². The number of thiazole rings is 1. The van der Waals surface area contributed by atoms with Crippen LogP contribution in [0.15, 0.2) is 22.4 Å². The number of carbonyl (C=O) groups is 1. The Labute approximate surface area is 113 Å². The third-order valence-corrected chi connectivity index (χ3v) is 3.55. The van der Waals surface area contributed by atoms with Crippen molar-refractivity contribution in [2.24, 2.45) is 5.92 Å². The van der Waals surface area contributed by atoms with Crippen molar-refractivity contribution >= 4 is 22.3 Å². The molecule has 0 fully saturated rings. The molecule has 0 amide bonds. The first-order chi connectivity index (χ1) is 8.99. The molecule has 2 rings (SSSR count). The minimum absolute atomic E-state index is 0.0379. The summed E-state index contributed by atoms with van der Waals surface area (Å²) in [6.07, 6.45) is 1.67. The zero-order valence-electron chi connectivity index (χ0n) is 10.7. The standard InChI is InChI=1S/C12H15N3O3S/c1-7(2)10(11(17)18)13-6-8-5-9(16)15-3-4-19-12(15)14-8/h3-5,7,10,13H,6H2,1-2H3,(H,17,18). The Hall–Kier alpha value is -1.73. The van der Waals surface area contributed by atoms with Crippen LogP contribution in [0.5, 0.6) is 0 Å². The van der Waals surface area contributed by atoms with E-state index in [2.05, 4.69) is 10.3 Å². The molecule has 0 saturated heterocycles. The third-order valence-electron chi connectivity index (χ3n) is 2.79. The highest BCUT2D eigenvalue weighted by Crippen LogP contribution is 2.07. The minimum atomic E-state index is -0.899. The third kappa shape index (κ3) is 2.99. The lowest BCUT2D eigenvalue weighted by Gasteiger charge is -2.17. The monoisotopic (exact) mass is 281 g/mol. The van der Waals surface area contributed by atoms with Gasteiger partial charge in [0.05, 0.1) is 5.69 Å². The molecule has 19 heavy (non-hydrogen) atoms. The van der Waals surface area contributed by atoms with Gasteiger partial charge in [0.2, 0.25) is 0 Å². The van der Waals surface area contributed by atoms with E-state index in [4.69, 9.17) is 5.11 Å². The van der Waals surface area contributed by atoms with E-state index in [9.17, 15) is 9.59 Å². The van der Waals surface area contributed by atoms with Crippen molar-refractivity contribution in [2.45, 2.75) is 26.4 Å². The molecule has 7 heteroatoms. The van der Waals surface area contributed by atoms with Gasteiger partial charge in [-0.15, -0.1) is 11.3 Å². The van der Waals surface area contributed by atoms with Crippen LogP contribution in [0.25, 0.3) is 4.96 Å². The fraction of sp³-hybridized carbons (Fsp3) is 0.417. The molecule has 0 spiro atoms. The maximum absolute atomic E-state index is 11.8. The second-order valence-electron chi connectivity index (χ2n) is 4.58. The van der Waals surface area contributed by atoms with Crippen LogP contribution in [0.1, 0.15) is 19.5 Å². The molecule has 0 bridgehead atoms. The zero-order chi connectivity index (χ0) is 14.0. The average molecular weight is 281 g/mol. The van der Waals surface area contributed by atoms with E-state index >= 15 is 0 Å². The van der Waals surface area contributed by atoms with Gasteiger partial charge >= 0.3 is 5.97 Å². The van der Waals surface area contributed by atoms with Crippen molar-refractivity contribution in [3.05, 3.63) is 33.7 Å². The van der Waals surface area contributed by atoms with E-state index in [-0.39, 0.29) is 18.0 Å². The largest absolute Gasteiger partial charge is 0.480 e. The number of rotatable bonds is 5. The summed E-state index contributed by atoms with van der Waals surface area (Å²) in [5, 5.41) is 13.8. The van der Waals surface area contributed by atoms with Crippen molar-refractivity contribution in [1.82, 2.24) is 14.7 Å². The molecule has 1 atom stereocenters. The lowest BCUT2D eigenvalue weighted by molar-refractivity contribution is -0.140. The lowest BCUT2D eigenvalue weighted by Crippen LogP contribution is -2.40. The van der Waals surface area contributed by atoms with Crippen LogP contribution < -0.4 is 10.9 Å². The first-order valence-electron chi connectivity index (χ1n) is 5.91. The van der Waals surface area contributed by atoms with Crippen LogP contribution in [0, 0.1) is 5.92 Å². The first-order valence-corrected chi connectivity index (χ1v) is 6.79. The average Bonchev–Trinajstić information content (AvgIpc) is 2.76. The number of hydrogen-bond acceptors (Lipinski definition) is 5. The Balaban J connectivity index is 2.17. The van der Waals surface area contributed by atoms with E-state index in [1.165, 1.54) is 21.8 Å². The van der Waals surface area contributed by atoms with E-state index in [1.807, 2.05) is 13.8 Å². The highest BCUT2D eigenvalue weighted by Gasteiger charge is 2.20. The fourth-order valence-electron chi connectivity index (χ4n) is 1.80. The lowest BCUT2D eigenvalue weighted by atomic mass is 10.0. The van der Waals surface area contributed by atoms with Gasteiger partial charge in [-0.2, -0.15) is 0 Å². The Morgan fingerprint density at radius 1 is 1.58 bits per heavy atom. The summed E-state index contributed by atoms with van der Waals surface area (Å²) in [4.78, 5) is 27.7. The van der Waals surface area contributed by atoms with Crippen LogP contribution in [0.4, 0.5) is 0 Å². The van der Waals surface area contributed by atoms with Crippen molar-refractivity contribution in [2.75, 3.05) is 0 Å². The summed E-state index contributed by atoms with van der Waals surface area (Å²) in [5.41, 5.74) is 0.402. The quantitative estimate of drug-likeness (QED) is 0.852. The molecule has 1 unspecified atom stereocenters. The molecule has 2 aromatic rings. The first kappa shape index (κ1) is 13.7. The molecule has 6 nitrogen and oxygen atoms in total. The topological polar surface area (TPSA) is 83.7 Å². The van der Waals surface area contributed by atoms with Gasteiger partial charge in [0.25, 0.3) is 5.56 Å². The highest BCUT2D eigenvalue weighted by molar-refractivity contribution is 7.15. The van der Waals surface area contributed by atoms with Crippen LogP contribution in [-0.4, -0.2) is 26.5 Å². The smallest absolute Gasteiger partial charge is 0.320 e. The van der Waals surface area contributed by atoms with E-state index < -0.39 is 12.0 Å². The minimum Gasteiger partial charge on any atom is -0.480 e. The predicted molar refractivity (Wildman–Crippen MR) is 72.4 cm³/mol. The maximum Gasteiger partial charge on any atom is 0.320 e. The Kier molecular flexibility index (Phi) is 3.96. The Morgan fingerprint density at radius 2 is 2.32 bits per heavy atom. The molecule has 0 aliphatic rings. The summed E-state index contributed by atoms with van der Waals surface area (Å²) in [6.45, 7) is 3.92. The van der Waals surface area contributed by atoms with Crippen LogP contribution in [0.3, 0.4) is 0 Å². The summed E-state index contributed by atoms with van der Waals surface area (Å²) in [6, 6.07) is 0.773. The number of carboxylic acids is 1. The number of fused-ring (bicyclic) bond motifs is 1. The molecule has 0 aliphatic heterocycles. The van der Waals surface area contributed by atoms with Gasteiger partial charge in [-0.3, -0.25) is 19.3 Å². The molecule has 0 saturated carbocycles. The van der Waals surface area contributed by atoms with Gasteiger partial charge in [0.15, 0.2) is 4.96 Å². The van der Waals surface area contributed by atoms with Gasteiger partial charge in [0, 0.05) is 24.2 Å². The Morgan fingerprint density at radius 3 is 2.95 bits per heavy atom. The molecule has 2 heterocycles. The second kappa shape index (κ2) is 5.50. The van der Waals surface area contributed by atoms with Crippen molar-refractivity contribution in [3.63, 3.8) is 0 Å². The molecule has 0 aromatic carbocycles. The number of nitrogens with zero attached hydrogens (tertiary/aromatic N) is 2. The number of carboxylic acid groups (broad SMARTS) is 1. The molecular formula is C12H15N3O3S.